The molecule has 0 aliphatic heterocycles. The molecule has 0 saturated heterocycles. The van der Waals surface area contributed by atoms with Gasteiger partial charge >= 0.3 is 12.0 Å². The van der Waals surface area contributed by atoms with Gasteiger partial charge in [0.15, 0.2) is 0 Å². The first-order valence-electron chi connectivity index (χ1n) is 3.91. The van der Waals surface area contributed by atoms with Gasteiger partial charge in [0.05, 0.1) is 10.4 Å². The van der Waals surface area contributed by atoms with E-state index < -0.39 is 12.0 Å². The Bertz CT molecular complexity index is 467. The highest BCUT2D eigenvalue weighted by atomic mass is 32.1. The predicted molar refractivity (Wildman–Crippen MR) is 57.0 cm³/mol. The van der Waals surface area contributed by atoms with E-state index in [9.17, 15) is 9.59 Å². The van der Waals surface area contributed by atoms with E-state index in [1.54, 1.807) is 6.92 Å². The third-order valence-corrected chi connectivity index (χ3v) is 2.41. The molecule has 0 aliphatic carbocycles. The highest BCUT2D eigenvalue weighted by Gasteiger charge is 2.15. The van der Waals surface area contributed by atoms with E-state index in [-0.39, 0.29) is 10.6 Å². The van der Waals surface area contributed by atoms with E-state index in [1.165, 1.54) is 6.07 Å². The molecule has 1 aromatic rings. The topological polar surface area (TPSA) is 92.4 Å². The van der Waals surface area contributed by atoms with E-state index >= 15 is 0 Å². The Morgan fingerprint density at radius 3 is 2.73 bits per heavy atom. The molecule has 0 saturated carbocycles. The average Bonchev–Trinajstić information content (AvgIpc) is 2.47. The summed E-state index contributed by atoms with van der Waals surface area (Å²) in [6, 6.07) is 0.602. The molecule has 1 heterocycles. The number of carboxylic acids is 1. The van der Waals surface area contributed by atoms with Gasteiger partial charge in [0.1, 0.15) is 5.00 Å². The molecule has 2 amide bonds. The molecule has 0 radical (unpaired) electrons. The van der Waals surface area contributed by atoms with Crippen LogP contribution in [0.15, 0.2) is 6.07 Å². The summed E-state index contributed by atoms with van der Waals surface area (Å²) in [7, 11) is 0. The van der Waals surface area contributed by atoms with Crippen LogP contribution in [0.3, 0.4) is 0 Å². The van der Waals surface area contributed by atoms with Crippen molar-refractivity contribution >= 4 is 28.3 Å². The summed E-state index contributed by atoms with van der Waals surface area (Å²) in [5.74, 6) is 4.22. The first kappa shape index (κ1) is 11.1. The van der Waals surface area contributed by atoms with Gasteiger partial charge in [-0.2, -0.15) is 0 Å². The van der Waals surface area contributed by atoms with E-state index in [0.29, 0.717) is 4.88 Å². The maximum atomic E-state index is 10.8. The molecule has 0 spiro atoms. The number of amides is 2. The van der Waals surface area contributed by atoms with Gasteiger partial charge in [0.25, 0.3) is 0 Å². The fourth-order valence-electron chi connectivity index (χ4n) is 0.939. The number of nitrogens with two attached hydrogens (primary N) is 1. The highest BCUT2D eigenvalue weighted by Crippen LogP contribution is 2.27. The van der Waals surface area contributed by atoms with Crippen molar-refractivity contribution in [1.29, 1.82) is 0 Å². The van der Waals surface area contributed by atoms with Gasteiger partial charge in [-0.3, -0.25) is 5.32 Å². The lowest BCUT2D eigenvalue weighted by atomic mass is 10.3. The number of carboxylic acid groups (broad SMARTS) is 1. The summed E-state index contributed by atoms with van der Waals surface area (Å²) in [6.45, 7) is 1.64. The molecule has 0 fully saturated rings. The summed E-state index contributed by atoms with van der Waals surface area (Å²) in [4.78, 5) is 22.0. The lowest BCUT2D eigenvalue weighted by Gasteiger charge is -1.97. The average molecular weight is 224 g/mol. The predicted octanol–water partition coefficient (Wildman–Crippen LogP) is 1.31. The largest absolute Gasteiger partial charge is 0.478 e. The van der Waals surface area contributed by atoms with Crippen LogP contribution >= 0.6 is 11.3 Å². The quantitative estimate of drug-likeness (QED) is 0.661. The van der Waals surface area contributed by atoms with E-state index in [4.69, 9.17) is 10.8 Å². The Morgan fingerprint density at radius 1 is 1.60 bits per heavy atom. The number of urea groups is 1. The normalized spacial score (nSPS) is 8.87. The molecule has 0 bridgehead atoms. The monoisotopic (exact) mass is 224 g/mol. The van der Waals surface area contributed by atoms with Crippen molar-refractivity contribution in [1.82, 2.24) is 0 Å². The Labute approximate surface area is 89.9 Å². The van der Waals surface area contributed by atoms with Crippen molar-refractivity contribution in [2.75, 3.05) is 5.32 Å². The maximum absolute atomic E-state index is 10.8. The summed E-state index contributed by atoms with van der Waals surface area (Å²) >= 11 is 1.07. The van der Waals surface area contributed by atoms with Crippen LogP contribution in [-0.2, 0) is 0 Å². The number of hydrogen-bond acceptors (Lipinski definition) is 3. The minimum atomic E-state index is -1.13. The maximum Gasteiger partial charge on any atom is 0.338 e. The number of anilines is 1. The number of aromatic carboxylic acids is 1. The molecular formula is C9H8N2O3S. The molecule has 0 unspecified atom stereocenters. The van der Waals surface area contributed by atoms with Gasteiger partial charge in [-0.05, 0) is 13.0 Å². The van der Waals surface area contributed by atoms with Gasteiger partial charge in [-0.25, -0.2) is 9.59 Å². The third-order valence-electron chi connectivity index (χ3n) is 1.45. The number of nitrogens with one attached hydrogen (secondary N) is 1. The van der Waals surface area contributed by atoms with Crippen LogP contribution in [0.2, 0.25) is 0 Å². The van der Waals surface area contributed by atoms with Crippen LogP contribution < -0.4 is 11.1 Å². The molecule has 0 atom stereocenters. The molecule has 1 aromatic heterocycles. The zero-order valence-corrected chi connectivity index (χ0v) is 8.64. The smallest absolute Gasteiger partial charge is 0.338 e. The number of thiophene rings is 1. The molecule has 15 heavy (non-hydrogen) atoms. The molecule has 78 valence electrons. The Hall–Kier alpha value is -2.00. The fraction of sp³-hybridized carbons (Fsp3) is 0.111. The minimum Gasteiger partial charge on any atom is -0.478 e. The lowest BCUT2D eigenvalue weighted by Crippen LogP contribution is -2.19. The molecule has 6 heteroatoms. The van der Waals surface area contributed by atoms with Gasteiger partial charge in [-0.15, -0.1) is 17.3 Å². The second-order valence-corrected chi connectivity index (χ2v) is 3.58. The number of carbonyl (C=O) groups excluding carboxylic acids is 1. The third kappa shape index (κ3) is 2.72. The SMILES string of the molecule is CC#Cc1cc(C(=O)O)c(NC(N)=O)s1. The summed E-state index contributed by atoms with van der Waals surface area (Å²) in [5, 5.41) is 11.3. The summed E-state index contributed by atoms with van der Waals surface area (Å²) in [5.41, 5.74) is 4.90. The van der Waals surface area contributed by atoms with Crippen LogP contribution in [0.25, 0.3) is 0 Å². The van der Waals surface area contributed by atoms with Crippen molar-refractivity contribution < 1.29 is 14.7 Å². The molecule has 5 nitrogen and oxygen atoms in total. The van der Waals surface area contributed by atoms with Crippen molar-refractivity contribution in [3.05, 3.63) is 16.5 Å². The Morgan fingerprint density at radius 2 is 2.27 bits per heavy atom. The first-order chi connectivity index (χ1) is 7.04. The lowest BCUT2D eigenvalue weighted by molar-refractivity contribution is 0.0698. The summed E-state index contributed by atoms with van der Waals surface area (Å²) in [6.07, 6.45) is 0. The standard InChI is InChI=1S/C9H8N2O3S/c1-2-3-5-4-6(8(12)13)7(15-5)11-9(10)14/h4H,1H3,(H,12,13)(H3,10,11,14). The van der Waals surface area contributed by atoms with E-state index in [1.807, 2.05) is 0 Å². The Kier molecular flexibility index (Phi) is 3.31. The van der Waals surface area contributed by atoms with Crippen LogP contribution in [0.1, 0.15) is 22.2 Å². The van der Waals surface area contributed by atoms with E-state index in [0.717, 1.165) is 11.3 Å². The van der Waals surface area contributed by atoms with Crippen molar-refractivity contribution in [3.63, 3.8) is 0 Å². The van der Waals surface area contributed by atoms with Gasteiger partial charge in [0, 0.05) is 0 Å². The van der Waals surface area contributed by atoms with E-state index in [2.05, 4.69) is 17.2 Å². The molecule has 0 aromatic carbocycles. The van der Waals surface area contributed by atoms with Crippen molar-refractivity contribution in [2.45, 2.75) is 6.92 Å². The molecule has 4 N–H and O–H groups in total. The number of hydrogen-bond donors (Lipinski definition) is 3. The summed E-state index contributed by atoms with van der Waals surface area (Å²) < 4.78 is 0. The molecule has 1 rings (SSSR count). The number of primary amides is 1. The van der Waals surface area contributed by atoms with Gasteiger partial charge < -0.3 is 10.8 Å². The van der Waals surface area contributed by atoms with Gasteiger partial charge in [0.2, 0.25) is 0 Å². The van der Waals surface area contributed by atoms with Crippen molar-refractivity contribution in [3.8, 4) is 11.8 Å². The Balaban J connectivity index is 3.14. The zero-order chi connectivity index (χ0) is 11.4. The first-order valence-corrected chi connectivity index (χ1v) is 4.72. The second-order valence-electron chi connectivity index (χ2n) is 2.52. The number of rotatable bonds is 2. The minimum absolute atomic E-state index is 0.00319. The molecular weight excluding hydrogens is 216 g/mol. The highest BCUT2D eigenvalue weighted by molar-refractivity contribution is 7.17. The second kappa shape index (κ2) is 4.48. The molecule has 0 aliphatic rings. The van der Waals surface area contributed by atoms with Crippen LogP contribution in [0.5, 0.6) is 0 Å². The van der Waals surface area contributed by atoms with Crippen LogP contribution in [-0.4, -0.2) is 17.1 Å². The van der Waals surface area contributed by atoms with Crippen LogP contribution in [0.4, 0.5) is 9.80 Å². The zero-order valence-electron chi connectivity index (χ0n) is 7.83. The van der Waals surface area contributed by atoms with Crippen LogP contribution in [0, 0.1) is 11.8 Å². The van der Waals surface area contributed by atoms with Crippen molar-refractivity contribution in [2.24, 2.45) is 5.73 Å². The fourth-order valence-corrected chi connectivity index (χ4v) is 1.90. The van der Waals surface area contributed by atoms with Gasteiger partial charge in [-0.1, -0.05) is 5.92 Å². The number of carbonyl (C=O) groups is 2.